The minimum atomic E-state index is 0.146. The van der Waals surface area contributed by atoms with E-state index in [4.69, 9.17) is 9.72 Å². The number of pyridine rings is 1. The zero-order chi connectivity index (χ0) is 19.7. The van der Waals surface area contributed by atoms with E-state index in [2.05, 4.69) is 49.9 Å². The fraction of sp³-hybridized carbons (Fsp3) is 0.545. The van der Waals surface area contributed by atoms with Crippen LogP contribution in [0.15, 0.2) is 24.3 Å². The topological polar surface area (TPSA) is 48.9 Å². The highest BCUT2D eigenvalue weighted by molar-refractivity contribution is 5.87. The molecular weight excluding hydrogens is 352 g/mol. The average Bonchev–Trinajstić information content (AvgIpc) is 2.73. The van der Waals surface area contributed by atoms with Gasteiger partial charge in [0, 0.05) is 44.7 Å². The van der Waals surface area contributed by atoms with Crippen molar-refractivity contribution in [1.82, 2.24) is 14.8 Å². The summed E-state index contributed by atoms with van der Waals surface area (Å²) in [6.07, 6.45) is 0. The maximum atomic E-state index is 12.7. The number of benzene rings is 1. The largest absolute Gasteiger partial charge is 0.378 e. The molecule has 2 saturated heterocycles. The monoisotopic (exact) mass is 382 g/mol. The number of carbonyl (C=O) groups excluding carboxylic acids is 1. The van der Waals surface area contributed by atoms with E-state index >= 15 is 0 Å². The lowest BCUT2D eigenvalue weighted by Crippen LogP contribution is -2.55. The van der Waals surface area contributed by atoms with Gasteiger partial charge in [-0.2, -0.15) is 0 Å². The van der Waals surface area contributed by atoms with Gasteiger partial charge in [0.15, 0.2) is 0 Å². The fourth-order valence-electron chi connectivity index (χ4n) is 4.13. The molecule has 0 radical (unpaired) electrons. The van der Waals surface area contributed by atoms with Gasteiger partial charge >= 0.3 is 6.03 Å². The number of hydrogen-bond donors (Lipinski definition) is 0. The predicted molar refractivity (Wildman–Crippen MR) is 112 cm³/mol. The number of aryl methyl sites for hydroxylation is 1. The molecule has 6 nitrogen and oxygen atoms in total. The molecule has 0 unspecified atom stereocenters. The molecule has 28 heavy (non-hydrogen) atoms. The number of fused-ring (bicyclic) bond motifs is 1. The van der Waals surface area contributed by atoms with Crippen molar-refractivity contribution in [3.63, 3.8) is 0 Å². The first-order chi connectivity index (χ1) is 13.5. The number of morpholine rings is 1. The maximum Gasteiger partial charge on any atom is 0.320 e. The average molecular weight is 383 g/mol. The van der Waals surface area contributed by atoms with Crippen LogP contribution >= 0.6 is 0 Å². The van der Waals surface area contributed by atoms with Crippen molar-refractivity contribution in [3.8, 4) is 0 Å². The molecule has 4 rings (SSSR count). The van der Waals surface area contributed by atoms with Gasteiger partial charge in [0.05, 0.1) is 18.7 Å². The van der Waals surface area contributed by atoms with Gasteiger partial charge in [0.25, 0.3) is 0 Å². The number of para-hydroxylation sites is 1. The Bertz CT molecular complexity index is 853. The van der Waals surface area contributed by atoms with E-state index < -0.39 is 0 Å². The lowest BCUT2D eigenvalue weighted by Gasteiger charge is -2.39. The second-order valence-electron chi connectivity index (χ2n) is 8.05. The van der Waals surface area contributed by atoms with Crippen molar-refractivity contribution in [1.29, 1.82) is 0 Å². The van der Waals surface area contributed by atoms with E-state index in [1.54, 1.807) is 0 Å². The standard InChI is InChI=1S/C22H30N4O2/c1-16(2)18-5-4-6-19-17(3)15-20(23-21(18)19)24-7-9-25(10-8-24)22(27)26-11-13-28-14-12-26/h4-6,15-16H,7-14H2,1-3H3. The highest BCUT2D eigenvalue weighted by atomic mass is 16.5. The number of piperazine rings is 1. The number of hydrogen-bond acceptors (Lipinski definition) is 4. The molecule has 150 valence electrons. The van der Waals surface area contributed by atoms with Crippen LogP contribution in [0.25, 0.3) is 10.9 Å². The molecule has 2 aliphatic heterocycles. The number of urea groups is 1. The van der Waals surface area contributed by atoms with E-state index in [1.165, 1.54) is 16.5 Å². The van der Waals surface area contributed by atoms with Crippen LogP contribution < -0.4 is 4.90 Å². The fourth-order valence-corrected chi connectivity index (χ4v) is 4.13. The number of nitrogens with zero attached hydrogens (tertiary/aromatic N) is 4. The quantitative estimate of drug-likeness (QED) is 0.800. The van der Waals surface area contributed by atoms with Crippen LogP contribution in [-0.2, 0) is 4.74 Å². The lowest BCUT2D eigenvalue weighted by molar-refractivity contribution is 0.0428. The number of amides is 2. The van der Waals surface area contributed by atoms with Gasteiger partial charge in [-0.1, -0.05) is 32.0 Å². The SMILES string of the molecule is Cc1cc(N2CCN(C(=O)N3CCOCC3)CC2)nc2c(C(C)C)cccc12. The van der Waals surface area contributed by atoms with Crippen molar-refractivity contribution in [2.75, 3.05) is 57.4 Å². The van der Waals surface area contributed by atoms with Crippen LogP contribution in [0.2, 0.25) is 0 Å². The summed E-state index contributed by atoms with van der Waals surface area (Å²) in [5, 5.41) is 1.23. The summed E-state index contributed by atoms with van der Waals surface area (Å²) in [5.74, 6) is 1.46. The summed E-state index contributed by atoms with van der Waals surface area (Å²) in [7, 11) is 0. The van der Waals surface area contributed by atoms with Crippen LogP contribution in [0.3, 0.4) is 0 Å². The van der Waals surface area contributed by atoms with Crippen LogP contribution in [0.1, 0.15) is 30.9 Å². The molecule has 0 N–H and O–H groups in total. The minimum Gasteiger partial charge on any atom is -0.378 e. The molecule has 2 fully saturated rings. The molecule has 2 amide bonds. The van der Waals surface area contributed by atoms with Crippen LogP contribution in [0.5, 0.6) is 0 Å². The maximum absolute atomic E-state index is 12.7. The molecule has 2 aromatic rings. The molecule has 0 aliphatic carbocycles. The Labute approximate surface area is 167 Å². The van der Waals surface area contributed by atoms with Gasteiger partial charge in [-0.05, 0) is 30.0 Å². The normalized spacial score (nSPS) is 18.2. The smallest absolute Gasteiger partial charge is 0.320 e. The number of ether oxygens (including phenoxy) is 1. The molecule has 0 spiro atoms. The molecule has 0 saturated carbocycles. The zero-order valence-electron chi connectivity index (χ0n) is 17.1. The van der Waals surface area contributed by atoms with Gasteiger partial charge in [-0.25, -0.2) is 9.78 Å². The molecular formula is C22H30N4O2. The van der Waals surface area contributed by atoms with Gasteiger partial charge < -0.3 is 19.4 Å². The number of rotatable bonds is 2. The van der Waals surface area contributed by atoms with Crippen molar-refractivity contribution in [3.05, 3.63) is 35.4 Å². The first-order valence-electron chi connectivity index (χ1n) is 10.3. The second-order valence-corrected chi connectivity index (χ2v) is 8.05. The molecule has 1 aromatic carbocycles. The Morgan fingerprint density at radius 2 is 1.71 bits per heavy atom. The Kier molecular flexibility index (Phi) is 5.40. The number of aromatic nitrogens is 1. The first kappa shape index (κ1) is 19.0. The number of carbonyl (C=O) groups is 1. The first-order valence-corrected chi connectivity index (χ1v) is 10.3. The van der Waals surface area contributed by atoms with Gasteiger partial charge in [-0.15, -0.1) is 0 Å². The summed E-state index contributed by atoms with van der Waals surface area (Å²) in [4.78, 5) is 23.9. The molecule has 1 aromatic heterocycles. The molecule has 3 heterocycles. The summed E-state index contributed by atoms with van der Waals surface area (Å²) < 4.78 is 5.36. The predicted octanol–water partition coefficient (Wildman–Crippen LogP) is 3.24. The van der Waals surface area contributed by atoms with Crippen LogP contribution in [0, 0.1) is 6.92 Å². The summed E-state index contributed by atoms with van der Waals surface area (Å²) in [6.45, 7) is 12.4. The van der Waals surface area contributed by atoms with E-state index in [0.717, 1.165) is 37.5 Å². The van der Waals surface area contributed by atoms with E-state index in [-0.39, 0.29) is 6.03 Å². The zero-order valence-corrected chi connectivity index (χ0v) is 17.1. The van der Waals surface area contributed by atoms with Crippen molar-refractivity contribution >= 4 is 22.8 Å². The molecule has 0 bridgehead atoms. The third kappa shape index (κ3) is 3.65. The minimum absolute atomic E-state index is 0.146. The Morgan fingerprint density at radius 3 is 2.39 bits per heavy atom. The van der Waals surface area contributed by atoms with Gasteiger partial charge in [-0.3, -0.25) is 0 Å². The van der Waals surface area contributed by atoms with Crippen LogP contribution in [-0.4, -0.2) is 73.3 Å². The van der Waals surface area contributed by atoms with Crippen molar-refractivity contribution in [2.45, 2.75) is 26.7 Å². The van der Waals surface area contributed by atoms with Gasteiger partial charge in [0.1, 0.15) is 5.82 Å². The van der Waals surface area contributed by atoms with Gasteiger partial charge in [0.2, 0.25) is 0 Å². The second kappa shape index (κ2) is 7.95. The van der Waals surface area contributed by atoms with E-state index in [1.807, 2.05) is 9.80 Å². The molecule has 2 aliphatic rings. The Morgan fingerprint density at radius 1 is 1.04 bits per heavy atom. The summed E-state index contributed by atoms with van der Waals surface area (Å²) >= 11 is 0. The third-order valence-corrected chi connectivity index (χ3v) is 5.84. The molecule has 6 heteroatoms. The molecule has 0 atom stereocenters. The summed E-state index contributed by atoms with van der Waals surface area (Å²) in [5.41, 5.74) is 3.66. The van der Waals surface area contributed by atoms with Crippen LogP contribution in [0.4, 0.5) is 10.6 Å². The Balaban J connectivity index is 1.50. The third-order valence-electron chi connectivity index (χ3n) is 5.84. The highest BCUT2D eigenvalue weighted by Crippen LogP contribution is 2.29. The van der Waals surface area contributed by atoms with E-state index in [0.29, 0.717) is 32.2 Å². The lowest BCUT2D eigenvalue weighted by atomic mass is 9.98. The highest BCUT2D eigenvalue weighted by Gasteiger charge is 2.27. The summed E-state index contributed by atoms with van der Waals surface area (Å²) in [6, 6.07) is 8.80. The number of anilines is 1. The van der Waals surface area contributed by atoms with Crippen molar-refractivity contribution in [2.24, 2.45) is 0 Å². The van der Waals surface area contributed by atoms with Crippen molar-refractivity contribution < 1.29 is 9.53 Å². The Hall–Kier alpha value is -2.34. The van der Waals surface area contributed by atoms with E-state index in [9.17, 15) is 4.79 Å².